The van der Waals surface area contributed by atoms with Gasteiger partial charge in [-0.25, -0.2) is 0 Å². The molecule has 1 fully saturated rings. The third-order valence-electron chi connectivity index (χ3n) is 4.12. The number of aliphatic carboxylic acids is 1. The van der Waals surface area contributed by atoms with Crippen LogP contribution in [0.3, 0.4) is 0 Å². The Hall–Kier alpha value is -1.55. The van der Waals surface area contributed by atoms with E-state index in [4.69, 9.17) is 4.74 Å². The number of carboxylic acid groups (broad SMARTS) is 1. The van der Waals surface area contributed by atoms with E-state index >= 15 is 0 Å². The number of methoxy groups -OCH3 is 1. The summed E-state index contributed by atoms with van der Waals surface area (Å²) in [6.07, 6.45) is 3.05. The van der Waals surface area contributed by atoms with Gasteiger partial charge in [-0.05, 0) is 32.4 Å². The largest absolute Gasteiger partial charge is 0.496 e. The van der Waals surface area contributed by atoms with Crippen LogP contribution in [0.2, 0.25) is 0 Å². The van der Waals surface area contributed by atoms with E-state index < -0.39 is 11.4 Å². The molecule has 4 heteroatoms. The van der Waals surface area contributed by atoms with Gasteiger partial charge in [0.2, 0.25) is 0 Å². The summed E-state index contributed by atoms with van der Waals surface area (Å²) < 4.78 is 5.34. The van der Waals surface area contributed by atoms with Gasteiger partial charge >= 0.3 is 5.97 Å². The molecule has 4 nitrogen and oxygen atoms in total. The number of carbonyl (C=O) groups is 1. The van der Waals surface area contributed by atoms with Crippen molar-refractivity contribution in [1.29, 1.82) is 0 Å². The van der Waals surface area contributed by atoms with Crippen molar-refractivity contribution in [3.8, 4) is 5.75 Å². The van der Waals surface area contributed by atoms with Crippen molar-refractivity contribution in [2.75, 3.05) is 13.7 Å². The first-order valence-electron chi connectivity index (χ1n) is 6.71. The smallest absolute Gasteiger partial charge is 0.315 e. The zero-order chi connectivity index (χ0) is 13.9. The Morgan fingerprint density at radius 2 is 2.16 bits per heavy atom. The minimum atomic E-state index is -0.965. The van der Waals surface area contributed by atoms with Crippen molar-refractivity contribution < 1.29 is 14.6 Å². The van der Waals surface area contributed by atoms with Crippen molar-refractivity contribution in [2.45, 2.75) is 37.6 Å². The summed E-state index contributed by atoms with van der Waals surface area (Å²) in [6, 6.07) is 7.33. The van der Waals surface area contributed by atoms with Crippen LogP contribution in [0, 0.1) is 0 Å². The topological polar surface area (TPSA) is 58.6 Å². The molecule has 0 bridgehead atoms. The molecule has 0 saturated carbocycles. The lowest BCUT2D eigenvalue weighted by molar-refractivity contribution is -0.144. The number of para-hydroxylation sites is 1. The van der Waals surface area contributed by atoms with Gasteiger partial charge in [-0.2, -0.15) is 0 Å². The molecule has 2 unspecified atom stereocenters. The molecule has 1 heterocycles. The van der Waals surface area contributed by atoms with Crippen LogP contribution in [0.1, 0.15) is 31.7 Å². The Kier molecular flexibility index (Phi) is 4.10. The summed E-state index contributed by atoms with van der Waals surface area (Å²) in [5.74, 6) is -0.170. The van der Waals surface area contributed by atoms with Crippen LogP contribution in [-0.2, 0) is 10.2 Å². The maximum absolute atomic E-state index is 11.9. The second-order valence-corrected chi connectivity index (χ2v) is 5.21. The van der Waals surface area contributed by atoms with Crippen molar-refractivity contribution in [3.63, 3.8) is 0 Å². The number of piperidine rings is 1. The molecule has 0 spiro atoms. The molecule has 2 N–H and O–H groups in total. The Bertz CT molecular complexity index is 454. The average molecular weight is 263 g/mol. The summed E-state index contributed by atoms with van der Waals surface area (Å²) in [5, 5.41) is 13.1. The summed E-state index contributed by atoms with van der Waals surface area (Å²) in [6.45, 7) is 2.67. The van der Waals surface area contributed by atoms with Gasteiger partial charge in [0.05, 0.1) is 7.11 Å². The highest BCUT2D eigenvalue weighted by molar-refractivity contribution is 5.83. The zero-order valence-corrected chi connectivity index (χ0v) is 11.5. The fourth-order valence-electron chi connectivity index (χ4n) is 2.87. The highest BCUT2D eigenvalue weighted by atomic mass is 16.5. The SMILES string of the molecule is COc1ccccc1C(C)(C(=O)O)C1CCCCN1. The molecule has 104 valence electrons. The van der Waals surface area contributed by atoms with E-state index in [1.165, 1.54) is 0 Å². The second-order valence-electron chi connectivity index (χ2n) is 5.21. The predicted octanol–water partition coefficient (Wildman–Crippen LogP) is 2.18. The number of carboxylic acids is 1. The summed E-state index contributed by atoms with van der Waals surface area (Å²) in [4.78, 5) is 11.9. The molecule has 2 atom stereocenters. The second kappa shape index (κ2) is 5.61. The lowest BCUT2D eigenvalue weighted by Gasteiger charge is -2.38. The van der Waals surface area contributed by atoms with Gasteiger partial charge in [0.25, 0.3) is 0 Å². The van der Waals surface area contributed by atoms with Crippen molar-refractivity contribution in [1.82, 2.24) is 5.32 Å². The van der Waals surface area contributed by atoms with Crippen LogP contribution in [0.25, 0.3) is 0 Å². The fourth-order valence-corrected chi connectivity index (χ4v) is 2.87. The molecule has 1 aliphatic rings. The molecule has 0 radical (unpaired) electrons. The molecule has 19 heavy (non-hydrogen) atoms. The summed E-state index contributed by atoms with van der Waals surface area (Å²) >= 11 is 0. The van der Waals surface area contributed by atoms with E-state index in [0.29, 0.717) is 5.75 Å². The van der Waals surface area contributed by atoms with E-state index in [1.807, 2.05) is 24.3 Å². The third kappa shape index (κ3) is 2.45. The van der Waals surface area contributed by atoms with Crippen LogP contribution in [0.5, 0.6) is 5.75 Å². The van der Waals surface area contributed by atoms with Gasteiger partial charge in [0.15, 0.2) is 0 Å². The molecule has 1 aromatic carbocycles. The lowest BCUT2D eigenvalue weighted by atomic mass is 9.72. The first kappa shape index (κ1) is 13.9. The number of nitrogens with one attached hydrogen (secondary N) is 1. The van der Waals surface area contributed by atoms with Crippen molar-refractivity contribution in [2.24, 2.45) is 0 Å². The molecule has 0 amide bonds. The third-order valence-corrected chi connectivity index (χ3v) is 4.12. The normalized spacial score (nSPS) is 22.5. The highest BCUT2D eigenvalue weighted by Gasteiger charge is 2.45. The summed E-state index contributed by atoms with van der Waals surface area (Å²) in [7, 11) is 1.58. The Balaban J connectivity index is 2.46. The maximum Gasteiger partial charge on any atom is 0.315 e. The first-order chi connectivity index (χ1) is 9.10. The van der Waals surface area contributed by atoms with Crippen LogP contribution >= 0.6 is 0 Å². The van der Waals surface area contributed by atoms with E-state index in [1.54, 1.807) is 14.0 Å². The van der Waals surface area contributed by atoms with Gasteiger partial charge in [0.1, 0.15) is 11.2 Å². The van der Waals surface area contributed by atoms with Crippen LogP contribution in [-0.4, -0.2) is 30.8 Å². The van der Waals surface area contributed by atoms with Crippen LogP contribution < -0.4 is 10.1 Å². The van der Waals surface area contributed by atoms with Crippen molar-refractivity contribution in [3.05, 3.63) is 29.8 Å². The van der Waals surface area contributed by atoms with Gasteiger partial charge in [-0.1, -0.05) is 24.6 Å². The Labute approximate surface area is 113 Å². The lowest BCUT2D eigenvalue weighted by Crippen LogP contribution is -2.53. The van der Waals surface area contributed by atoms with E-state index in [-0.39, 0.29) is 6.04 Å². The Morgan fingerprint density at radius 1 is 1.42 bits per heavy atom. The van der Waals surface area contributed by atoms with E-state index in [0.717, 1.165) is 31.4 Å². The molecule has 1 saturated heterocycles. The number of benzene rings is 1. The van der Waals surface area contributed by atoms with Crippen molar-refractivity contribution >= 4 is 5.97 Å². The molecule has 0 aromatic heterocycles. The van der Waals surface area contributed by atoms with Gasteiger partial charge in [-0.3, -0.25) is 4.79 Å². The van der Waals surface area contributed by atoms with E-state index in [2.05, 4.69) is 5.32 Å². The predicted molar refractivity (Wildman–Crippen MR) is 73.6 cm³/mol. The molecule has 2 rings (SSSR count). The fraction of sp³-hybridized carbons (Fsp3) is 0.533. The summed E-state index contributed by atoms with van der Waals surface area (Å²) in [5.41, 5.74) is -0.225. The van der Waals surface area contributed by atoms with Gasteiger partial charge in [-0.15, -0.1) is 0 Å². The number of ether oxygens (including phenoxy) is 1. The maximum atomic E-state index is 11.9. The van der Waals surface area contributed by atoms with Crippen LogP contribution in [0.4, 0.5) is 0 Å². The standard InChI is InChI=1S/C15H21NO3/c1-15(14(17)18,13-9-5-6-10-16-13)11-7-3-4-8-12(11)19-2/h3-4,7-8,13,16H,5-6,9-10H2,1-2H3,(H,17,18). The van der Waals surface area contributed by atoms with E-state index in [9.17, 15) is 9.90 Å². The average Bonchev–Trinajstić information content (AvgIpc) is 2.47. The minimum absolute atomic E-state index is 0.0601. The minimum Gasteiger partial charge on any atom is -0.496 e. The Morgan fingerprint density at radius 3 is 2.74 bits per heavy atom. The molecule has 1 aliphatic heterocycles. The molecule has 1 aromatic rings. The molecular formula is C15H21NO3. The molecule has 0 aliphatic carbocycles. The number of rotatable bonds is 4. The van der Waals surface area contributed by atoms with Gasteiger partial charge < -0.3 is 15.2 Å². The quantitative estimate of drug-likeness (QED) is 0.874. The monoisotopic (exact) mass is 263 g/mol. The zero-order valence-electron chi connectivity index (χ0n) is 11.5. The number of hydrogen-bond acceptors (Lipinski definition) is 3. The highest BCUT2D eigenvalue weighted by Crippen LogP contribution is 2.37. The molecular weight excluding hydrogens is 242 g/mol. The van der Waals surface area contributed by atoms with Gasteiger partial charge in [0, 0.05) is 11.6 Å². The first-order valence-corrected chi connectivity index (χ1v) is 6.71. The number of hydrogen-bond donors (Lipinski definition) is 2. The van der Waals surface area contributed by atoms with Crippen LogP contribution in [0.15, 0.2) is 24.3 Å².